The Morgan fingerprint density at radius 3 is 2.47 bits per heavy atom. The average Bonchev–Trinajstić information content (AvgIpc) is 2.65. The summed E-state index contributed by atoms with van der Waals surface area (Å²) in [4.78, 5) is 2.76. The summed E-state index contributed by atoms with van der Waals surface area (Å²) in [5, 5.41) is 0. The van der Waals surface area contributed by atoms with Gasteiger partial charge >= 0.3 is 0 Å². The largest absolute Gasteiger partial charge is 0.323 e. The molecular formula is C13H21NS. The summed E-state index contributed by atoms with van der Waals surface area (Å²) in [7, 11) is 0. The van der Waals surface area contributed by atoms with Crippen LogP contribution < -0.4 is 5.73 Å². The minimum Gasteiger partial charge on any atom is -0.323 e. The van der Waals surface area contributed by atoms with Crippen molar-refractivity contribution in [3.05, 3.63) is 21.9 Å². The Balaban J connectivity index is 1.99. The maximum Gasteiger partial charge on any atom is 0.0418 e. The first-order valence-electron chi connectivity index (χ1n) is 5.98. The first kappa shape index (κ1) is 11.2. The zero-order valence-corrected chi connectivity index (χ0v) is 10.5. The van der Waals surface area contributed by atoms with Crippen LogP contribution in [0.25, 0.3) is 0 Å². The summed E-state index contributed by atoms with van der Waals surface area (Å²) in [6, 6.07) is 4.68. The fourth-order valence-corrected chi connectivity index (χ4v) is 3.48. The maximum absolute atomic E-state index is 6.34. The van der Waals surface area contributed by atoms with Gasteiger partial charge in [0, 0.05) is 15.8 Å². The van der Waals surface area contributed by atoms with Crippen LogP contribution >= 0.6 is 11.3 Å². The van der Waals surface area contributed by atoms with Crippen LogP contribution in [0.15, 0.2) is 12.1 Å². The number of thiophene rings is 1. The fraction of sp³-hybridized carbons (Fsp3) is 0.692. The molecule has 2 N–H and O–H groups in total. The van der Waals surface area contributed by atoms with Crippen molar-refractivity contribution in [2.45, 2.75) is 45.6 Å². The molecule has 1 aliphatic carbocycles. The summed E-state index contributed by atoms with van der Waals surface area (Å²) < 4.78 is 0. The number of rotatable bonds is 2. The van der Waals surface area contributed by atoms with E-state index in [1.54, 1.807) is 0 Å². The van der Waals surface area contributed by atoms with E-state index in [1.807, 2.05) is 11.3 Å². The van der Waals surface area contributed by atoms with E-state index in [4.69, 9.17) is 5.73 Å². The molecule has 84 valence electrons. The number of hydrogen-bond acceptors (Lipinski definition) is 2. The molecule has 1 aromatic heterocycles. The lowest BCUT2D eigenvalue weighted by Crippen LogP contribution is -2.24. The Morgan fingerprint density at radius 2 is 1.93 bits per heavy atom. The second-order valence-corrected chi connectivity index (χ2v) is 6.31. The minimum absolute atomic E-state index is 0.288. The van der Waals surface area contributed by atoms with Crippen LogP contribution in [0.4, 0.5) is 0 Å². The van der Waals surface area contributed by atoms with E-state index in [0.717, 1.165) is 11.8 Å². The van der Waals surface area contributed by atoms with Crippen molar-refractivity contribution in [3.8, 4) is 0 Å². The molecule has 1 fully saturated rings. The molecule has 1 aromatic rings. The van der Waals surface area contributed by atoms with Crippen molar-refractivity contribution in [3.63, 3.8) is 0 Å². The Bertz CT molecular complexity index is 310. The smallest absolute Gasteiger partial charge is 0.0418 e. The maximum atomic E-state index is 6.34. The third-order valence-electron chi connectivity index (χ3n) is 3.66. The highest BCUT2D eigenvalue weighted by Crippen LogP contribution is 2.37. The molecule has 0 spiro atoms. The molecule has 1 saturated carbocycles. The van der Waals surface area contributed by atoms with Gasteiger partial charge in [-0.1, -0.05) is 19.8 Å². The zero-order chi connectivity index (χ0) is 10.8. The Labute approximate surface area is 96.7 Å². The minimum atomic E-state index is 0.288. The van der Waals surface area contributed by atoms with Crippen molar-refractivity contribution in [1.29, 1.82) is 0 Å². The van der Waals surface area contributed by atoms with E-state index in [1.165, 1.54) is 35.4 Å². The van der Waals surface area contributed by atoms with Gasteiger partial charge in [-0.05, 0) is 43.7 Å². The Kier molecular flexibility index (Phi) is 3.47. The van der Waals surface area contributed by atoms with Gasteiger partial charge in [-0.3, -0.25) is 0 Å². The molecule has 0 saturated heterocycles. The molecule has 0 aromatic carbocycles. The van der Waals surface area contributed by atoms with E-state index in [-0.39, 0.29) is 6.04 Å². The van der Waals surface area contributed by atoms with Crippen LogP contribution in [-0.2, 0) is 0 Å². The standard InChI is InChI=1S/C13H21NS/c1-9-3-6-11(7-4-9)13(14)12-8-5-10(2)15-12/h5,8-9,11,13H,3-4,6-7,14H2,1-2H3. The highest BCUT2D eigenvalue weighted by molar-refractivity contribution is 7.12. The van der Waals surface area contributed by atoms with Gasteiger partial charge in [0.25, 0.3) is 0 Å². The molecular weight excluding hydrogens is 202 g/mol. The van der Waals surface area contributed by atoms with Gasteiger partial charge in [0.05, 0.1) is 0 Å². The molecule has 0 radical (unpaired) electrons. The lowest BCUT2D eigenvalue weighted by Gasteiger charge is -2.30. The van der Waals surface area contributed by atoms with Gasteiger partial charge in [-0.2, -0.15) is 0 Å². The van der Waals surface area contributed by atoms with E-state index in [2.05, 4.69) is 26.0 Å². The summed E-state index contributed by atoms with van der Waals surface area (Å²) >= 11 is 1.87. The predicted octanol–water partition coefficient (Wildman–Crippen LogP) is 3.88. The summed E-state index contributed by atoms with van der Waals surface area (Å²) in [6.45, 7) is 4.51. The van der Waals surface area contributed by atoms with Gasteiger partial charge in [0.2, 0.25) is 0 Å². The molecule has 0 amide bonds. The van der Waals surface area contributed by atoms with Crippen LogP contribution in [0.2, 0.25) is 0 Å². The first-order valence-corrected chi connectivity index (χ1v) is 6.80. The van der Waals surface area contributed by atoms with Crippen LogP contribution in [0.5, 0.6) is 0 Å². The van der Waals surface area contributed by atoms with Gasteiger partial charge < -0.3 is 5.73 Å². The topological polar surface area (TPSA) is 26.0 Å². The molecule has 2 heteroatoms. The van der Waals surface area contributed by atoms with Gasteiger partial charge in [-0.15, -0.1) is 11.3 Å². The molecule has 0 bridgehead atoms. The van der Waals surface area contributed by atoms with Crippen molar-refractivity contribution in [2.24, 2.45) is 17.6 Å². The van der Waals surface area contributed by atoms with Crippen LogP contribution in [0.3, 0.4) is 0 Å². The first-order chi connectivity index (χ1) is 7.16. The predicted molar refractivity (Wildman–Crippen MR) is 67.1 cm³/mol. The Morgan fingerprint density at radius 1 is 1.27 bits per heavy atom. The second-order valence-electron chi connectivity index (χ2n) is 4.99. The van der Waals surface area contributed by atoms with Crippen LogP contribution in [0, 0.1) is 18.8 Å². The quantitative estimate of drug-likeness (QED) is 0.809. The number of nitrogens with two attached hydrogens (primary N) is 1. The molecule has 1 unspecified atom stereocenters. The summed E-state index contributed by atoms with van der Waals surface area (Å²) in [5.74, 6) is 1.64. The molecule has 1 atom stereocenters. The molecule has 0 aliphatic heterocycles. The molecule has 15 heavy (non-hydrogen) atoms. The van der Waals surface area contributed by atoms with E-state index in [0.29, 0.717) is 0 Å². The van der Waals surface area contributed by atoms with Crippen molar-refractivity contribution < 1.29 is 0 Å². The number of aryl methyl sites for hydroxylation is 1. The average molecular weight is 223 g/mol. The highest BCUT2D eigenvalue weighted by atomic mass is 32.1. The SMILES string of the molecule is Cc1ccc(C(N)C2CCC(C)CC2)s1. The van der Waals surface area contributed by atoms with Gasteiger partial charge in [0.1, 0.15) is 0 Å². The lowest BCUT2D eigenvalue weighted by atomic mass is 9.79. The summed E-state index contributed by atoms with van der Waals surface area (Å²) in [5.41, 5.74) is 6.34. The van der Waals surface area contributed by atoms with Crippen molar-refractivity contribution in [1.82, 2.24) is 0 Å². The van der Waals surface area contributed by atoms with Crippen LogP contribution in [-0.4, -0.2) is 0 Å². The third kappa shape index (κ3) is 2.61. The second kappa shape index (κ2) is 4.67. The molecule has 1 nitrogen and oxygen atoms in total. The fourth-order valence-electron chi connectivity index (χ4n) is 2.51. The molecule has 2 rings (SSSR count). The van der Waals surface area contributed by atoms with Crippen molar-refractivity contribution >= 4 is 11.3 Å². The zero-order valence-electron chi connectivity index (χ0n) is 9.70. The Hall–Kier alpha value is -0.340. The molecule has 1 aliphatic rings. The van der Waals surface area contributed by atoms with E-state index < -0.39 is 0 Å². The van der Waals surface area contributed by atoms with E-state index >= 15 is 0 Å². The van der Waals surface area contributed by atoms with Gasteiger partial charge in [0.15, 0.2) is 0 Å². The van der Waals surface area contributed by atoms with Crippen molar-refractivity contribution in [2.75, 3.05) is 0 Å². The van der Waals surface area contributed by atoms with E-state index in [9.17, 15) is 0 Å². The summed E-state index contributed by atoms with van der Waals surface area (Å²) in [6.07, 6.45) is 5.37. The highest BCUT2D eigenvalue weighted by Gasteiger charge is 2.25. The van der Waals surface area contributed by atoms with Gasteiger partial charge in [-0.25, -0.2) is 0 Å². The van der Waals surface area contributed by atoms with Crippen LogP contribution in [0.1, 0.15) is 48.4 Å². The number of hydrogen-bond donors (Lipinski definition) is 1. The lowest BCUT2D eigenvalue weighted by molar-refractivity contribution is 0.258. The normalized spacial score (nSPS) is 29.0. The monoisotopic (exact) mass is 223 g/mol. The third-order valence-corrected chi connectivity index (χ3v) is 4.76. The molecule has 1 heterocycles.